The van der Waals surface area contributed by atoms with E-state index in [1.165, 1.54) is 12.1 Å². The molecular formula is C14H15FN2O. The molecule has 4 heteroatoms. The van der Waals surface area contributed by atoms with Gasteiger partial charge in [0.25, 0.3) is 0 Å². The molecule has 3 rings (SSSR count). The van der Waals surface area contributed by atoms with Crippen molar-refractivity contribution in [3.63, 3.8) is 0 Å². The maximum absolute atomic E-state index is 13.4. The lowest BCUT2D eigenvalue weighted by atomic mass is 10.1. The molecule has 0 spiro atoms. The van der Waals surface area contributed by atoms with Crippen LogP contribution < -0.4 is 5.32 Å². The lowest BCUT2D eigenvalue weighted by molar-refractivity contribution is 0.506. The minimum absolute atomic E-state index is 0.0569. The van der Waals surface area contributed by atoms with E-state index >= 15 is 0 Å². The predicted octanol–water partition coefficient (Wildman–Crippen LogP) is 3.01. The van der Waals surface area contributed by atoms with Crippen molar-refractivity contribution in [1.29, 1.82) is 0 Å². The van der Waals surface area contributed by atoms with Gasteiger partial charge in [-0.25, -0.2) is 4.39 Å². The highest BCUT2D eigenvalue weighted by Gasteiger charge is 2.28. The predicted molar refractivity (Wildman–Crippen MR) is 69.5 cm³/mol. The van der Waals surface area contributed by atoms with E-state index in [9.17, 15) is 4.39 Å². The van der Waals surface area contributed by atoms with E-state index in [0.717, 1.165) is 22.5 Å². The van der Waals surface area contributed by atoms with E-state index in [4.69, 9.17) is 4.42 Å². The number of rotatable bonds is 1. The molecule has 0 bridgehead atoms. The van der Waals surface area contributed by atoms with Crippen LogP contribution in [0.5, 0.6) is 0 Å². The number of halogens is 1. The topological polar surface area (TPSA) is 37.5 Å². The first-order chi connectivity index (χ1) is 8.46. The van der Waals surface area contributed by atoms with Crippen LogP contribution in [0.15, 0.2) is 27.6 Å². The first kappa shape index (κ1) is 11.3. The first-order valence-electron chi connectivity index (χ1n) is 5.98. The molecule has 1 aliphatic heterocycles. The third-order valence-electron chi connectivity index (χ3n) is 3.15. The van der Waals surface area contributed by atoms with E-state index < -0.39 is 0 Å². The molecule has 94 valence electrons. The van der Waals surface area contributed by atoms with Crippen molar-refractivity contribution in [3.8, 4) is 0 Å². The highest BCUT2D eigenvalue weighted by molar-refractivity contribution is 6.11. The average Bonchev–Trinajstić information content (AvgIpc) is 2.77. The highest BCUT2D eigenvalue weighted by atomic mass is 19.1. The molecule has 1 aliphatic rings. The molecular weight excluding hydrogens is 231 g/mol. The third kappa shape index (κ3) is 1.68. The quantitative estimate of drug-likeness (QED) is 0.839. The molecule has 1 N–H and O–H groups in total. The second-order valence-electron chi connectivity index (χ2n) is 5.35. The summed E-state index contributed by atoms with van der Waals surface area (Å²) < 4.78 is 19.0. The molecule has 1 aromatic carbocycles. The summed E-state index contributed by atoms with van der Waals surface area (Å²) in [4.78, 5) is 4.49. The summed E-state index contributed by atoms with van der Waals surface area (Å²) in [5.41, 5.74) is 1.51. The van der Waals surface area contributed by atoms with Gasteiger partial charge in [-0.2, -0.15) is 0 Å². The van der Waals surface area contributed by atoms with Gasteiger partial charge in [0, 0.05) is 5.39 Å². The summed E-state index contributed by atoms with van der Waals surface area (Å²) in [7, 11) is 0. The standard InChI is InChI=1S/C14H15FN2O/c1-8-12(13-16-7-14(2,3)17-13)10-6-9(15)4-5-11(10)18-8/h4-6H,7H2,1-3H3,(H,16,17). The molecule has 0 radical (unpaired) electrons. The second kappa shape index (κ2) is 3.57. The minimum Gasteiger partial charge on any atom is -0.461 e. The van der Waals surface area contributed by atoms with Crippen LogP contribution in [-0.4, -0.2) is 17.9 Å². The Hall–Kier alpha value is -1.84. The summed E-state index contributed by atoms with van der Waals surface area (Å²) in [5, 5.41) is 4.13. The molecule has 18 heavy (non-hydrogen) atoms. The fraction of sp³-hybridized carbons (Fsp3) is 0.357. The number of hydrogen-bond donors (Lipinski definition) is 1. The van der Waals surface area contributed by atoms with Crippen molar-refractivity contribution >= 4 is 16.8 Å². The summed E-state index contributed by atoms with van der Waals surface area (Å²) in [6, 6.07) is 4.56. The van der Waals surface area contributed by atoms with E-state index in [1.807, 2.05) is 6.92 Å². The summed E-state index contributed by atoms with van der Waals surface area (Å²) in [6.45, 7) is 6.76. The Balaban J connectivity index is 2.17. The number of nitrogens with zero attached hydrogens (tertiary/aromatic N) is 1. The van der Waals surface area contributed by atoms with Crippen molar-refractivity contribution < 1.29 is 8.81 Å². The van der Waals surface area contributed by atoms with Gasteiger partial charge >= 0.3 is 0 Å². The van der Waals surface area contributed by atoms with Gasteiger partial charge in [-0.1, -0.05) is 0 Å². The van der Waals surface area contributed by atoms with Crippen LogP contribution in [0.25, 0.3) is 11.0 Å². The van der Waals surface area contributed by atoms with Gasteiger partial charge in [0.05, 0.1) is 17.6 Å². The van der Waals surface area contributed by atoms with Gasteiger partial charge in [0.2, 0.25) is 0 Å². The van der Waals surface area contributed by atoms with Crippen LogP contribution in [0.1, 0.15) is 25.2 Å². The molecule has 0 saturated carbocycles. The average molecular weight is 246 g/mol. The van der Waals surface area contributed by atoms with Gasteiger partial charge in [0.1, 0.15) is 23.0 Å². The number of furan rings is 1. The smallest absolute Gasteiger partial charge is 0.135 e. The SMILES string of the molecule is Cc1oc2ccc(F)cc2c1C1=NCC(C)(C)N1. The maximum Gasteiger partial charge on any atom is 0.135 e. The normalized spacial score (nSPS) is 17.9. The number of nitrogens with one attached hydrogen (secondary N) is 1. The minimum atomic E-state index is -0.262. The zero-order chi connectivity index (χ0) is 12.9. The fourth-order valence-electron chi connectivity index (χ4n) is 2.30. The third-order valence-corrected chi connectivity index (χ3v) is 3.15. The van der Waals surface area contributed by atoms with Crippen molar-refractivity contribution in [1.82, 2.24) is 5.32 Å². The number of benzene rings is 1. The molecule has 0 saturated heterocycles. The first-order valence-corrected chi connectivity index (χ1v) is 5.98. The maximum atomic E-state index is 13.4. The van der Waals surface area contributed by atoms with Gasteiger partial charge < -0.3 is 9.73 Å². The van der Waals surface area contributed by atoms with Crippen LogP contribution in [0.3, 0.4) is 0 Å². The number of aliphatic imine (C=N–C) groups is 1. The van der Waals surface area contributed by atoms with Crippen LogP contribution in [0, 0.1) is 12.7 Å². The number of hydrogen-bond acceptors (Lipinski definition) is 3. The Bertz CT molecular complexity index is 655. The molecule has 0 unspecified atom stereocenters. The van der Waals surface area contributed by atoms with Crippen molar-refractivity contribution in [2.75, 3.05) is 6.54 Å². The van der Waals surface area contributed by atoms with Gasteiger partial charge in [-0.3, -0.25) is 4.99 Å². The lowest BCUT2D eigenvalue weighted by Gasteiger charge is -2.18. The molecule has 0 amide bonds. The van der Waals surface area contributed by atoms with Crippen molar-refractivity contribution in [3.05, 3.63) is 35.3 Å². The Kier molecular flexibility index (Phi) is 2.24. The zero-order valence-corrected chi connectivity index (χ0v) is 10.7. The zero-order valence-electron chi connectivity index (χ0n) is 10.7. The van der Waals surface area contributed by atoms with Crippen LogP contribution in [-0.2, 0) is 0 Å². The number of aryl methyl sites for hydroxylation is 1. The molecule has 3 nitrogen and oxygen atoms in total. The summed E-state index contributed by atoms with van der Waals surface area (Å²) in [6.07, 6.45) is 0. The van der Waals surface area contributed by atoms with Crippen LogP contribution in [0.4, 0.5) is 4.39 Å². The molecule has 2 aromatic rings. The van der Waals surface area contributed by atoms with Gasteiger partial charge in [-0.05, 0) is 39.0 Å². The molecule has 0 fully saturated rings. The Morgan fingerprint density at radius 3 is 2.83 bits per heavy atom. The Morgan fingerprint density at radius 1 is 1.39 bits per heavy atom. The van der Waals surface area contributed by atoms with Gasteiger partial charge in [0.15, 0.2) is 0 Å². The molecule has 1 aromatic heterocycles. The Morgan fingerprint density at radius 2 is 2.17 bits per heavy atom. The summed E-state index contributed by atoms with van der Waals surface area (Å²) >= 11 is 0. The molecule has 2 heterocycles. The van der Waals surface area contributed by atoms with Crippen molar-refractivity contribution in [2.45, 2.75) is 26.3 Å². The molecule has 0 aliphatic carbocycles. The van der Waals surface area contributed by atoms with E-state index in [1.54, 1.807) is 6.07 Å². The van der Waals surface area contributed by atoms with E-state index in [0.29, 0.717) is 12.1 Å². The van der Waals surface area contributed by atoms with Crippen LogP contribution >= 0.6 is 0 Å². The van der Waals surface area contributed by atoms with Gasteiger partial charge in [-0.15, -0.1) is 0 Å². The largest absolute Gasteiger partial charge is 0.461 e. The number of fused-ring (bicyclic) bond motifs is 1. The van der Waals surface area contributed by atoms with E-state index in [-0.39, 0.29) is 11.4 Å². The lowest BCUT2D eigenvalue weighted by Crippen LogP contribution is -2.39. The molecule has 0 atom stereocenters. The highest BCUT2D eigenvalue weighted by Crippen LogP contribution is 2.28. The summed E-state index contributed by atoms with van der Waals surface area (Å²) in [5.74, 6) is 1.30. The monoisotopic (exact) mass is 246 g/mol. The van der Waals surface area contributed by atoms with E-state index in [2.05, 4.69) is 24.2 Å². The number of amidine groups is 1. The fourth-order valence-corrected chi connectivity index (χ4v) is 2.30. The van der Waals surface area contributed by atoms with Crippen molar-refractivity contribution in [2.24, 2.45) is 4.99 Å². The second-order valence-corrected chi connectivity index (χ2v) is 5.35. The Labute approximate surface area is 105 Å². The van der Waals surface area contributed by atoms with Crippen LogP contribution in [0.2, 0.25) is 0 Å².